The minimum atomic E-state index is -0.201. The molecule has 1 amide bonds. The first-order chi connectivity index (χ1) is 7.65. The first-order valence-electron chi connectivity index (χ1n) is 4.56. The lowest BCUT2D eigenvalue weighted by Crippen LogP contribution is -2.11. The van der Waals surface area contributed by atoms with Crippen LogP contribution in [-0.4, -0.2) is 10.9 Å². The Morgan fingerprint density at radius 3 is 2.56 bits per heavy atom. The number of carbonyl (C=O) groups is 1. The third kappa shape index (κ3) is 2.76. The van der Waals surface area contributed by atoms with Crippen LogP contribution in [0, 0.1) is 3.57 Å². The van der Waals surface area contributed by atoms with Crippen molar-refractivity contribution in [2.45, 2.75) is 0 Å². The molecule has 2 N–H and O–H groups in total. The molecule has 0 bridgehead atoms. The molecule has 0 fully saturated rings. The lowest BCUT2D eigenvalue weighted by molar-refractivity contribution is 0.102. The summed E-state index contributed by atoms with van der Waals surface area (Å²) < 4.78 is 1.12. The molecule has 0 saturated carbocycles. The lowest BCUT2D eigenvalue weighted by Gasteiger charge is -2.03. The number of hydrogen-bond donors (Lipinski definition) is 2. The third-order valence-corrected chi connectivity index (χ3v) is 2.93. The summed E-state index contributed by atoms with van der Waals surface area (Å²) in [5.74, 6) is -0.201. The maximum atomic E-state index is 11.7. The fourth-order valence-corrected chi connectivity index (χ4v) is 1.75. The lowest BCUT2D eigenvalue weighted by atomic mass is 10.3. The van der Waals surface area contributed by atoms with Crippen molar-refractivity contribution in [1.29, 1.82) is 0 Å². The molecule has 3 nitrogen and oxygen atoms in total. The van der Waals surface area contributed by atoms with Crippen molar-refractivity contribution < 1.29 is 4.79 Å². The average molecular weight is 347 g/mol. The number of H-pyrrole nitrogens is 1. The van der Waals surface area contributed by atoms with Crippen LogP contribution in [0.1, 0.15) is 10.5 Å². The number of aromatic amines is 1. The van der Waals surface area contributed by atoms with Crippen molar-refractivity contribution in [2.24, 2.45) is 0 Å². The summed E-state index contributed by atoms with van der Waals surface area (Å²) in [7, 11) is 0. The molecule has 0 unspecified atom stereocenters. The Labute approximate surface area is 111 Å². The number of carbonyl (C=O) groups excluding carboxylic acids is 1. The highest BCUT2D eigenvalue weighted by Gasteiger charge is 2.07. The van der Waals surface area contributed by atoms with Gasteiger partial charge in [-0.3, -0.25) is 4.79 Å². The maximum absolute atomic E-state index is 11.7. The number of benzene rings is 1. The number of anilines is 1. The van der Waals surface area contributed by atoms with E-state index in [1.54, 1.807) is 12.3 Å². The van der Waals surface area contributed by atoms with Crippen LogP contribution in [0.15, 0.2) is 36.5 Å². The summed E-state index contributed by atoms with van der Waals surface area (Å²) >= 11 is 7.92. The van der Waals surface area contributed by atoms with Crippen LogP contribution < -0.4 is 5.32 Å². The van der Waals surface area contributed by atoms with Gasteiger partial charge >= 0.3 is 0 Å². The second-order valence-electron chi connectivity index (χ2n) is 3.19. The van der Waals surface area contributed by atoms with Gasteiger partial charge in [0.2, 0.25) is 0 Å². The van der Waals surface area contributed by atoms with Crippen LogP contribution in [0.3, 0.4) is 0 Å². The molecule has 0 radical (unpaired) electrons. The molecular formula is C11H8ClIN2O. The predicted molar refractivity (Wildman–Crippen MR) is 72.9 cm³/mol. The summed E-state index contributed by atoms with van der Waals surface area (Å²) in [5, 5.41) is 3.29. The molecule has 82 valence electrons. The zero-order valence-corrected chi connectivity index (χ0v) is 11.0. The highest BCUT2D eigenvalue weighted by atomic mass is 127. The molecule has 0 saturated heterocycles. The molecular weight excluding hydrogens is 338 g/mol. The Morgan fingerprint density at radius 1 is 1.31 bits per heavy atom. The maximum Gasteiger partial charge on any atom is 0.272 e. The van der Waals surface area contributed by atoms with Gasteiger partial charge in [0.15, 0.2) is 0 Å². The summed E-state index contributed by atoms with van der Waals surface area (Å²) in [5.41, 5.74) is 1.21. The predicted octanol–water partition coefficient (Wildman–Crippen LogP) is 3.53. The van der Waals surface area contributed by atoms with Crippen molar-refractivity contribution in [3.63, 3.8) is 0 Å². The van der Waals surface area contributed by atoms with Gasteiger partial charge in [0, 0.05) is 15.5 Å². The molecule has 1 aromatic heterocycles. The molecule has 0 aliphatic carbocycles. The van der Waals surface area contributed by atoms with E-state index in [9.17, 15) is 4.79 Å². The molecule has 0 spiro atoms. The number of halogens is 2. The van der Waals surface area contributed by atoms with E-state index in [4.69, 9.17) is 11.6 Å². The van der Waals surface area contributed by atoms with Crippen LogP contribution in [-0.2, 0) is 0 Å². The van der Waals surface area contributed by atoms with Gasteiger partial charge in [-0.1, -0.05) is 11.6 Å². The normalized spacial score (nSPS) is 10.1. The van der Waals surface area contributed by atoms with Crippen molar-refractivity contribution in [2.75, 3.05) is 5.32 Å². The molecule has 0 aliphatic rings. The number of rotatable bonds is 2. The van der Waals surface area contributed by atoms with Crippen LogP contribution in [0.5, 0.6) is 0 Å². The molecule has 0 atom stereocenters. The van der Waals surface area contributed by atoms with Gasteiger partial charge in [-0.15, -0.1) is 0 Å². The van der Waals surface area contributed by atoms with E-state index in [2.05, 4.69) is 32.9 Å². The second kappa shape index (κ2) is 4.88. The summed E-state index contributed by atoms with van der Waals surface area (Å²) in [6.07, 6.45) is 1.57. The summed E-state index contributed by atoms with van der Waals surface area (Å²) in [6.45, 7) is 0. The number of hydrogen-bond acceptors (Lipinski definition) is 1. The molecule has 2 aromatic rings. The van der Waals surface area contributed by atoms with E-state index in [0.29, 0.717) is 10.7 Å². The van der Waals surface area contributed by atoms with Gasteiger partial charge in [0.05, 0.1) is 5.02 Å². The molecule has 2 rings (SSSR count). The van der Waals surface area contributed by atoms with Gasteiger partial charge in [-0.25, -0.2) is 0 Å². The Morgan fingerprint density at radius 2 is 2.00 bits per heavy atom. The molecule has 1 heterocycles. The molecule has 5 heteroatoms. The van der Waals surface area contributed by atoms with Crippen LogP contribution in [0.4, 0.5) is 5.69 Å². The highest BCUT2D eigenvalue weighted by molar-refractivity contribution is 14.1. The third-order valence-electron chi connectivity index (χ3n) is 1.99. The van der Waals surface area contributed by atoms with Gasteiger partial charge in [-0.2, -0.15) is 0 Å². The Hall–Kier alpha value is -1.01. The molecule has 1 aromatic carbocycles. The quantitative estimate of drug-likeness (QED) is 0.803. The van der Waals surface area contributed by atoms with Crippen molar-refractivity contribution in [3.8, 4) is 0 Å². The van der Waals surface area contributed by atoms with Gasteiger partial charge in [0.25, 0.3) is 5.91 Å². The van der Waals surface area contributed by atoms with Gasteiger partial charge in [0.1, 0.15) is 5.69 Å². The Kier molecular flexibility index (Phi) is 3.50. The molecule has 16 heavy (non-hydrogen) atoms. The molecule has 0 aliphatic heterocycles. The topological polar surface area (TPSA) is 44.9 Å². The largest absolute Gasteiger partial charge is 0.356 e. The van der Waals surface area contributed by atoms with E-state index in [1.807, 2.05) is 24.3 Å². The van der Waals surface area contributed by atoms with Crippen LogP contribution >= 0.6 is 34.2 Å². The Balaban J connectivity index is 2.10. The highest BCUT2D eigenvalue weighted by Crippen LogP contribution is 2.14. The van der Waals surface area contributed by atoms with Gasteiger partial charge < -0.3 is 10.3 Å². The number of nitrogens with one attached hydrogen (secondary N) is 2. The van der Waals surface area contributed by atoms with E-state index >= 15 is 0 Å². The average Bonchev–Trinajstić information content (AvgIpc) is 2.68. The fourth-order valence-electron chi connectivity index (χ4n) is 1.23. The fraction of sp³-hybridized carbons (Fsp3) is 0. The monoisotopic (exact) mass is 346 g/mol. The van der Waals surface area contributed by atoms with Crippen molar-refractivity contribution in [3.05, 3.63) is 50.8 Å². The van der Waals surface area contributed by atoms with E-state index in [0.717, 1.165) is 9.26 Å². The van der Waals surface area contributed by atoms with E-state index in [1.165, 1.54) is 0 Å². The van der Waals surface area contributed by atoms with Gasteiger partial charge in [-0.05, 0) is 52.9 Å². The first kappa shape index (κ1) is 11.5. The number of aromatic nitrogens is 1. The van der Waals surface area contributed by atoms with E-state index < -0.39 is 0 Å². The minimum Gasteiger partial charge on any atom is -0.356 e. The zero-order chi connectivity index (χ0) is 11.5. The summed E-state index contributed by atoms with van der Waals surface area (Å²) in [4.78, 5) is 14.5. The first-order valence-corrected chi connectivity index (χ1v) is 6.01. The Bertz CT molecular complexity index is 507. The van der Waals surface area contributed by atoms with Crippen LogP contribution in [0.2, 0.25) is 5.02 Å². The second-order valence-corrected chi connectivity index (χ2v) is 4.87. The smallest absolute Gasteiger partial charge is 0.272 e. The van der Waals surface area contributed by atoms with Crippen molar-refractivity contribution in [1.82, 2.24) is 4.98 Å². The van der Waals surface area contributed by atoms with Crippen molar-refractivity contribution >= 4 is 45.8 Å². The number of amides is 1. The SMILES string of the molecule is O=C(Nc1ccc(I)cc1)c1cc(Cl)c[nH]1. The summed E-state index contributed by atoms with van der Waals surface area (Å²) in [6, 6.07) is 9.15. The standard InChI is InChI=1S/C11H8ClIN2O/c12-7-5-10(14-6-7)11(16)15-9-3-1-8(13)2-4-9/h1-6,14H,(H,15,16). The zero-order valence-electron chi connectivity index (χ0n) is 8.13. The van der Waals surface area contributed by atoms with E-state index in [-0.39, 0.29) is 5.91 Å². The minimum absolute atomic E-state index is 0.201. The van der Waals surface area contributed by atoms with Crippen LogP contribution in [0.25, 0.3) is 0 Å².